The van der Waals surface area contributed by atoms with E-state index in [2.05, 4.69) is 36.1 Å². The van der Waals surface area contributed by atoms with Gasteiger partial charge in [0, 0.05) is 5.69 Å². The van der Waals surface area contributed by atoms with Crippen molar-refractivity contribution < 1.29 is 0 Å². The Kier molecular flexibility index (Phi) is 1.78. The molecule has 0 amide bonds. The van der Waals surface area contributed by atoms with Crippen LogP contribution >= 0.6 is 11.8 Å². The van der Waals surface area contributed by atoms with Gasteiger partial charge in [0.2, 0.25) is 0 Å². The highest BCUT2D eigenvalue weighted by atomic mass is 32.2. The third kappa shape index (κ3) is 1.36. The number of hydrogen-bond acceptors (Lipinski definition) is 2. The Hall–Kier alpha value is -0.630. The molecule has 2 heteroatoms. The van der Waals surface area contributed by atoms with Crippen molar-refractivity contribution in [1.82, 2.24) is 0 Å². The van der Waals surface area contributed by atoms with Gasteiger partial charge in [-0.2, -0.15) is 0 Å². The van der Waals surface area contributed by atoms with Gasteiger partial charge in [-0.1, -0.05) is 17.7 Å². The maximum Gasteiger partial charge on any atom is 0.0665 e. The Balaban J connectivity index is 2.18. The van der Waals surface area contributed by atoms with Crippen molar-refractivity contribution in [2.45, 2.75) is 6.92 Å². The Labute approximate surface area is 71.4 Å². The summed E-state index contributed by atoms with van der Waals surface area (Å²) < 4.78 is 0. The van der Waals surface area contributed by atoms with Crippen LogP contribution in [-0.4, -0.2) is 11.8 Å². The number of hydrogen-bond donors (Lipinski definition) is 0. The molecule has 0 aliphatic carbocycles. The Morgan fingerprint density at radius 2 is 1.82 bits per heavy atom. The van der Waals surface area contributed by atoms with Crippen molar-refractivity contribution in [2.24, 2.45) is 0 Å². The molecule has 11 heavy (non-hydrogen) atoms. The first-order chi connectivity index (χ1) is 5.36. The highest BCUT2D eigenvalue weighted by molar-refractivity contribution is 8.00. The van der Waals surface area contributed by atoms with Gasteiger partial charge in [0.25, 0.3) is 0 Å². The molecule has 1 heterocycles. The van der Waals surface area contributed by atoms with Gasteiger partial charge in [0.1, 0.15) is 0 Å². The lowest BCUT2D eigenvalue weighted by atomic mass is 10.2. The van der Waals surface area contributed by atoms with Gasteiger partial charge < -0.3 is 4.90 Å². The summed E-state index contributed by atoms with van der Waals surface area (Å²) in [4.78, 5) is 2.37. The maximum atomic E-state index is 2.37. The van der Waals surface area contributed by atoms with Crippen LogP contribution in [0.5, 0.6) is 0 Å². The average Bonchev–Trinajstić information content (AvgIpc) is 1.90. The van der Waals surface area contributed by atoms with E-state index in [0.717, 1.165) is 11.8 Å². The molecule has 0 atom stereocenters. The van der Waals surface area contributed by atoms with Gasteiger partial charge in [-0.25, -0.2) is 0 Å². The van der Waals surface area contributed by atoms with Crippen molar-refractivity contribution in [3.8, 4) is 0 Å². The molecule has 0 bridgehead atoms. The van der Waals surface area contributed by atoms with Gasteiger partial charge in [-0.05, 0) is 19.1 Å². The molecule has 0 radical (unpaired) electrons. The Morgan fingerprint density at radius 1 is 1.18 bits per heavy atom. The lowest BCUT2D eigenvalue weighted by Crippen LogP contribution is -2.31. The SMILES string of the molecule is Cc1ccc(N2CSC2)cc1. The summed E-state index contributed by atoms with van der Waals surface area (Å²) in [5.74, 6) is 2.31. The minimum Gasteiger partial charge on any atom is -0.353 e. The minimum absolute atomic E-state index is 1.16. The summed E-state index contributed by atoms with van der Waals surface area (Å²) in [5, 5.41) is 0. The van der Waals surface area contributed by atoms with Gasteiger partial charge >= 0.3 is 0 Å². The van der Waals surface area contributed by atoms with E-state index in [4.69, 9.17) is 0 Å². The van der Waals surface area contributed by atoms with Crippen LogP contribution in [0.4, 0.5) is 5.69 Å². The number of nitrogens with zero attached hydrogens (tertiary/aromatic N) is 1. The van der Waals surface area contributed by atoms with E-state index in [1.54, 1.807) is 0 Å². The second kappa shape index (κ2) is 2.78. The number of benzene rings is 1. The van der Waals surface area contributed by atoms with Crippen molar-refractivity contribution in [3.05, 3.63) is 29.8 Å². The second-order valence-electron chi connectivity index (χ2n) is 2.84. The summed E-state index contributed by atoms with van der Waals surface area (Å²) in [7, 11) is 0. The zero-order valence-electron chi connectivity index (χ0n) is 6.58. The standard InChI is InChI=1S/C9H11NS/c1-8-2-4-9(5-3-8)10-6-11-7-10/h2-5H,6-7H2,1H3. The van der Waals surface area contributed by atoms with E-state index >= 15 is 0 Å². The predicted molar refractivity (Wildman–Crippen MR) is 51.0 cm³/mol. The molecule has 0 spiro atoms. The van der Waals surface area contributed by atoms with Crippen LogP contribution < -0.4 is 4.90 Å². The first kappa shape index (κ1) is 7.04. The zero-order chi connectivity index (χ0) is 7.68. The van der Waals surface area contributed by atoms with Crippen LogP contribution in [0.15, 0.2) is 24.3 Å². The van der Waals surface area contributed by atoms with Crippen molar-refractivity contribution in [1.29, 1.82) is 0 Å². The van der Waals surface area contributed by atoms with E-state index < -0.39 is 0 Å². The Bertz CT molecular complexity index is 238. The first-order valence-corrected chi connectivity index (χ1v) is 4.91. The molecule has 1 nitrogen and oxygen atoms in total. The fourth-order valence-corrected chi connectivity index (χ4v) is 1.75. The largest absolute Gasteiger partial charge is 0.353 e. The number of anilines is 1. The van der Waals surface area contributed by atoms with Crippen LogP contribution in [0, 0.1) is 6.92 Å². The molecule has 58 valence electrons. The average molecular weight is 165 g/mol. The molecule has 0 saturated carbocycles. The van der Waals surface area contributed by atoms with Crippen LogP contribution in [0.3, 0.4) is 0 Å². The second-order valence-corrected chi connectivity index (χ2v) is 3.76. The van der Waals surface area contributed by atoms with E-state index in [9.17, 15) is 0 Å². The number of aryl methyl sites for hydroxylation is 1. The van der Waals surface area contributed by atoms with Crippen LogP contribution in [0.2, 0.25) is 0 Å². The van der Waals surface area contributed by atoms with E-state index in [1.807, 2.05) is 11.8 Å². The monoisotopic (exact) mass is 165 g/mol. The van der Waals surface area contributed by atoms with Gasteiger partial charge in [-0.3, -0.25) is 0 Å². The summed E-state index contributed by atoms with van der Waals surface area (Å²) in [5.41, 5.74) is 2.69. The molecule has 0 aromatic heterocycles. The normalized spacial score (nSPS) is 16.3. The fourth-order valence-electron chi connectivity index (χ4n) is 1.09. The first-order valence-electron chi connectivity index (χ1n) is 3.75. The molecule has 1 aromatic carbocycles. The quantitative estimate of drug-likeness (QED) is 0.629. The van der Waals surface area contributed by atoms with E-state index in [-0.39, 0.29) is 0 Å². The van der Waals surface area contributed by atoms with Crippen LogP contribution in [-0.2, 0) is 0 Å². The summed E-state index contributed by atoms with van der Waals surface area (Å²) in [6.45, 7) is 2.12. The third-order valence-electron chi connectivity index (χ3n) is 1.89. The summed E-state index contributed by atoms with van der Waals surface area (Å²) in [6.07, 6.45) is 0. The molecule has 1 saturated heterocycles. The van der Waals surface area contributed by atoms with Crippen molar-refractivity contribution in [2.75, 3.05) is 16.7 Å². The minimum atomic E-state index is 1.16. The predicted octanol–water partition coefficient (Wildman–Crippen LogP) is 2.46. The molecule has 0 unspecified atom stereocenters. The highest BCUT2D eigenvalue weighted by Crippen LogP contribution is 2.26. The molecule has 1 aliphatic rings. The van der Waals surface area contributed by atoms with Crippen LogP contribution in [0.1, 0.15) is 5.56 Å². The van der Waals surface area contributed by atoms with Gasteiger partial charge in [0.15, 0.2) is 0 Å². The Morgan fingerprint density at radius 3 is 2.27 bits per heavy atom. The molecule has 1 aliphatic heterocycles. The lowest BCUT2D eigenvalue weighted by Gasteiger charge is -2.32. The van der Waals surface area contributed by atoms with Gasteiger partial charge in [0.05, 0.1) is 11.8 Å². The fraction of sp³-hybridized carbons (Fsp3) is 0.333. The van der Waals surface area contributed by atoms with E-state index in [0.29, 0.717) is 0 Å². The van der Waals surface area contributed by atoms with Crippen LogP contribution in [0.25, 0.3) is 0 Å². The molecular formula is C9H11NS. The molecule has 1 fully saturated rings. The molecule has 2 rings (SSSR count). The highest BCUT2D eigenvalue weighted by Gasteiger charge is 2.13. The molecule has 0 N–H and O–H groups in total. The maximum absolute atomic E-state index is 2.37. The summed E-state index contributed by atoms with van der Waals surface area (Å²) in [6, 6.07) is 8.71. The number of thioether (sulfide) groups is 1. The third-order valence-corrected chi connectivity index (χ3v) is 2.88. The van der Waals surface area contributed by atoms with Gasteiger partial charge in [-0.15, -0.1) is 11.8 Å². The number of rotatable bonds is 1. The smallest absolute Gasteiger partial charge is 0.0665 e. The molecule has 1 aromatic rings. The van der Waals surface area contributed by atoms with E-state index in [1.165, 1.54) is 11.3 Å². The van der Waals surface area contributed by atoms with Crippen molar-refractivity contribution >= 4 is 17.4 Å². The van der Waals surface area contributed by atoms with Crippen molar-refractivity contribution in [3.63, 3.8) is 0 Å². The zero-order valence-corrected chi connectivity index (χ0v) is 7.40. The lowest BCUT2D eigenvalue weighted by molar-refractivity contribution is 1.01. The molecular weight excluding hydrogens is 154 g/mol. The summed E-state index contributed by atoms with van der Waals surface area (Å²) >= 11 is 1.97. The topological polar surface area (TPSA) is 3.24 Å².